The van der Waals surface area contributed by atoms with Gasteiger partial charge in [0, 0.05) is 50.6 Å². The topological polar surface area (TPSA) is 122 Å². The van der Waals surface area contributed by atoms with Gasteiger partial charge in [0.2, 0.25) is 15.9 Å². The molecule has 0 radical (unpaired) electrons. The van der Waals surface area contributed by atoms with Gasteiger partial charge < -0.3 is 10.6 Å². The highest BCUT2D eigenvalue weighted by atomic mass is 32.2. The first kappa shape index (κ1) is 20.2. The summed E-state index contributed by atoms with van der Waals surface area (Å²) in [5.41, 5.74) is 0. The Kier molecular flexibility index (Phi) is 6.25. The molecule has 1 fully saturated rings. The normalized spacial score (nSPS) is 16.1. The van der Waals surface area contributed by atoms with Crippen molar-refractivity contribution < 1.29 is 13.2 Å². The third kappa shape index (κ3) is 5.04. The fourth-order valence-corrected chi connectivity index (χ4v) is 4.04. The van der Waals surface area contributed by atoms with Crippen LogP contribution in [-0.2, 0) is 14.8 Å². The van der Waals surface area contributed by atoms with Crippen LogP contribution in [0.15, 0.2) is 24.8 Å². The van der Waals surface area contributed by atoms with Gasteiger partial charge >= 0.3 is 0 Å². The summed E-state index contributed by atoms with van der Waals surface area (Å²) >= 11 is 0. The van der Waals surface area contributed by atoms with Crippen molar-refractivity contribution in [2.75, 3.05) is 37.8 Å². The van der Waals surface area contributed by atoms with E-state index >= 15 is 0 Å². The second kappa shape index (κ2) is 8.65. The molecule has 0 unspecified atom stereocenters. The molecular weight excluding hydrogens is 382 g/mol. The molecule has 0 atom stereocenters. The Morgan fingerprint density at radius 2 is 1.96 bits per heavy atom. The second-order valence-corrected chi connectivity index (χ2v) is 8.74. The van der Waals surface area contributed by atoms with Crippen LogP contribution in [0.25, 0.3) is 5.82 Å². The average Bonchev–Trinajstić information content (AvgIpc) is 3.11. The smallest absolute Gasteiger partial charge is 0.223 e. The van der Waals surface area contributed by atoms with Gasteiger partial charge in [-0.2, -0.15) is 0 Å². The number of nitrogens with zero attached hydrogens (tertiary/aromatic N) is 5. The molecule has 1 amide bonds. The maximum absolute atomic E-state index is 12.3. The van der Waals surface area contributed by atoms with Gasteiger partial charge in [0.25, 0.3) is 0 Å². The van der Waals surface area contributed by atoms with Crippen LogP contribution >= 0.6 is 0 Å². The lowest BCUT2D eigenvalue weighted by molar-refractivity contribution is -0.126. The van der Waals surface area contributed by atoms with Crippen LogP contribution in [0.1, 0.15) is 18.7 Å². The Labute approximate surface area is 164 Å². The molecule has 0 aliphatic carbocycles. The minimum absolute atomic E-state index is 0.0348. The number of amides is 1. The first-order valence-corrected chi connectivity index (χ1v) is 11.0. The van der Waals surface area contributed by atoms with E-state index in [0.717, 1.165) is 5.82 Å². The molecule has 0 spiro atoms. The van der Waals surface area contributed by atoms with E-state index in [1.165, 1.54) is 16.9 Å². The first-order valence-electron chi connectivity index (χ1n) is 9.13. The van der Waals surface area contributed by atoms with Crippen molar-refractivity contribution in [3.8, 4) is 5.82 Å². The fourth-order valence-electron chi connectivity index (χ4n) is 3.17. The van der Waals surface area contributed by atoms with E-state index in [4.69, 9.17) is 0 Å². The Hall–Kier alpha value is -2.53. The molecule has 1 saturated heterocycles. The van der Waals surface area contributed by atoms with Gasteiger partial charge in [-0.05, 0) is 19.8 Å². The molecule has 2 aromatic rings. The van der Waals surface area contributed by atoms with Gasteiger partial charge in [0.1, 0.15) is 23.8 Å². The van der Waals surface area contributed by atoms with E-state index in [9.17, 15) is 13.2 Å². The van der Waals surface area contributed by atoms with E-state index in [1.54, 1.807) is 6.20 Å². The van der Waals surface area contributed by atoms with E-state index < -0.39 is 10.0 Å². The maximum Gasteiger partial charge on any atom is 0.223 e. The van der Waals surface area contributed by atoms with Gasteiger partial charge in [0.05, 0.1) is 6.26 Å². The molecule has 0 aromatic carbocycles. The van der Waals surface area contributed by atoms with Crippen LogP contribution in [0, 0.1) is 12.8 Å². The minimum atomic E-state index is -3.18. The van der Waals surface area contributed by atoms with Crippen molar-refractivity contribution in [3.05, 3.63) is 30.6 Å². The Balaban J connectivity index is 1.43. The molecule has 3 heterocycles. The number of sulfonamides is 1. The predicted octanol–water partition coefficient (Wildman–Crippen LogP) is 0.170. The highest BCUT2D eigenvalue weighted by molar-refractivity contribution is 7.88. The molecule has 152 valence electrons. The van der Waals surface area contributed by atoms with Crippen molar-refractivity contribution in [1.29, 1.82) is 0 Å². The summed E-state index contributed by atoms with van der Waals surface area (Å²) in [5, 5.41) is 6.06. The number of aryl methyl sites for hydroxylation is 1. The summed E-state index contributed by atoms with van der Waals surface area (Å²) in [7, 11) is -3.18. The lowest BCUT2D eigenvalue weighted by atomic mass is 9.97. The predicted molar refractivity (Wildman–Crippen MR) is 105 cm³/mol. The zero-order valence-corrected chi connectivity index (χ0v) is 16.8. The number of hydrogen-bond donors (Lipinski definition) is 2. The molecule has 0 saturated carbocycles. The highest BCUT2D eigenvalue weighted by Crippen LogP contribution is 2.19. The van der Waals surface area contributed by atoms with Crippen LogP contribution in [0.4, 0.5) is 5.82 Å². The average molecular weight is 408 g/mol. The number of carbonyl (C=O) groups is 1. The number of carbonyl (C=O) groups excluding carboxylic acids is 1. The van der Waals surface area contributed by atoms with Gasteiger partial charge in [-0.3, -0.25) is 9.36 Å². The van der Waals surface area contributed by atoms with E-state index in [0.29, 0.717) is 50.7 Å². The third-order valence-corrected chi connectivity index (χ3v) is 6.05. The molecular formula is C17H25N7O3S. The third-order valence-electron chi connectivity index (χ3n) is 4.75. The molecule has 10 nitrogen and oxygen atoms in total. The number of imidazole rings is 1. The number of aromatic nitrogens is 4. The Morgan fingerprint density at radius 1 is 1.21 bits per heavy atom. The summed E-state index contributed by atoms with van der Waals surface area (Å²) in [6, 6.07) is 1.82. The number of anilines is 1. The van der Waals surface area contributed by atoms with Crippen molar-refractivity contribution in [1.82, 2.24) is 29.1 Å². The van der Waals surface area contributed by atoms with Crippen molar-refractivity contribution in [3.63, 3.8) is 0 Å². The zero-order valence-electron chi connectivity index (χ0n) is 16.0. The van der Waals surface area contributed by atoms with Crippen LogP contribution in [-0.4, -0.2) is 70.6 Å². The van der Waals surface area contributed by atoms with Gasteiger partial charge in [-0.15, -0.1) is 0 Å². The monoisotopic (exact) mass is 407 g/mol. The maximum atomic E-state index is 12.3. The Bertz CT molecular complexity index is 920. The van der Waals surface area contributed by atoms with Crippen LogP contribution in [0.3, 0.4) is 0 Å². The van der Waals surface area contributed by atoms with Gasteiger partial charge in [-0.25, -0.2) is 27.7 Å². The highest BCUT2D eigenvalue weighted by Gasteiger charge is 2.28. The molecule has 2 aromatic heterocycles. The van der Waals surface area contributed by atoms with E-state index in [1.807, 2.05) is 23.8 Å². The Morgan fingerprint density at radius 3 is 2.61 bits per heavy atom. The number of nitrogens with one attached hydrogen (secondary N) is 2. The van der Waals surface area contributed by atoms with E-state index in [-0.39, 0.29) is 11.8 Å². The molecule has 1 aliphatic rings. The molecule has 3 rings (SSSR count). The standard InChI is InChI=1S/C17H25N7O3S/c1-13-18-7-10-24(13)16-11-15(21-12-22-16)19-5-6-20-17(25)14-3-8-23(9-4-14)28(2,26)27/h7,10-12,14H,3-6,8-9H2,1-2H3,(H,20,25)(H,19,21,22). The lowest BCUT2D eigenvalue weighted by Gasteiger charge is -2.29. The SMILES string of the molecule is Cc1nccn1-c1cc(NCCNC(=O)C2CCN(S(C)(=O)=O)CC2)ncn1. The number of piperidine rings is 1. The van der Waals surface area contributed by atoms with Crippen molar-refractivity contribution in [2.24, 2.45) is 5.92 Å². The van der Waals surface area contributed by atoms with Crippen LogP contribution < -0.4 is 10.6 Å². The lowest BCUT2D eigenvalue weighted by Crippen LogP contribution is -2.43. The molecule has 0 bridgehead atoms. The second-order valence-electron chi connectivity index (χ2n) is 6.76. The zero-order chi connectivity index (χ0) is 20.1. The summed E-state index contributed by atoms with van der Waals surface area (Å²) < 4.78 is 26.3. The largest absolute Gasteiger partial charge is 0.368 e. The van der Waals surface area contributed by atoms with Gasteiger partial charge in [-0.1, -0.05) is 0 Å². The van der Waals surface area contributed by atoms with Crippen LogP contribution in [0.2, 0.25) is 0 Å². The summed E-state index contributed by atoms with van der Waals surface area (Å²) in [5.74, 6) is 2.03. The summed E-state index contributed by atoms with van der Waals surface area (Å²) in [6.07, 6.45) is 7.31. The number of hydrogen-bond acceptors (Lipinski definition) is 7. The molecule has 1 aliphatic heterocycles. The first-order chi connectivity index (χ1) is 13.3. The fraction of sp³-hybridized carbons (Fsp3) is 0.529. The van der Waals surface area contributed by atoms with Crippen LogP contribution in [0.5, 0.6) is 0 Å². The van der Waals surface area contributed by atoms with Gasteiger partial charge in [0.15, 0.2) is 0 Å². The number of rotatable bonds is 7. The quantitative estimate of drug-likeness (QED) is 0.627. The molecule has 2 N–H and O–H groups in total. The molecule has 28 heavy (non-hydrogen) atoms. The minimum Gasteiger partial charge on any atom is -0.368 e. The van der Waals surface area contributed by atoms with E-state index in [2.05, 4.69) is 25.6 Å². The van der Waals surface area contributed by atoms with Crippen molar-refractivity contribution in [2.45, 2.75) is 19.8 Å². The molecule has 11 heteroatoms. The summed E-state index contributed by atoms with van der Waals surface area (Å²) in [6.45, 7) is 3.66. The summed E-state index contributed by atoms with van der Waals surface area (Å²) in [4.78, 5) is 24.9. The van der Waals surface area contributed by atoms with Crippen molar-refractivity contribution >= 4 is 21.7 Å².